The highest BCUT2D eigenvalue weighted by molar-refractivity contribution is 5.45. The Balaban J connectivity index is 0. The van der Waals surface area contributed by atoms with Crippen LogP contribution in [0.2, 0.25) is 0 Å². The number of amides is 1. The van der Waals surface area contributed by atoms with Gasteiger partial charge in [0.15, 0.2) is 0 Å². The lowest BCUT2D eigenvalue weighted by Gasteiger charge is -2.19. The van der Waals surface area contributed by atoms with Crippen molar-refractivity contribution in [2.75, 3.05) is 42.4 Å². The standard InChI is InChI=1S/C7H5F3.C5H13NO2.C3H7NO/c8-7(9,10)6-4-2-1-3-5-6;1-6(2)5(7-3)8-4;1-4(2)3-5/h1-5H;5H,1-4H3;3H,1-2H3. The highest BCUT2D eigenvalue weighted by atomic mass is 19.4. The number of carbonyl (C=O) groups excluding carboxylic acids is 1. The molecule has 0 aliphatic heterocycles. The van der Waals surface area contributed by atoms with Gasteiger partial charge in [-0.25, -0.2) is 0 Å². The Hall–Kier alpha value is -1.64. The van der Waals surface area contributed by atoms with Crippen LogP contribution in [0, 0.1) is 0 Å². The number of benzene rings is 1. The molecule has 0 bridgehead atoms. The molecular formula is C15H25F3N2O3. The SMILES string of the molecule is CN(C)C=O.COC(OC)N(C)C.FC(F)(F)c1ccccc1. The van der Waals surface area contributed by atoms with Crippen LogP contribution in [0.3, 0.4) is 0 Å². The van der Waals surface area contributed by atoms with Crippen molar-refractivity contribution in [2.45, 2.75) is 12.6 Å². The van der Waals surface area contributed by atoms with Crippen LogP contribution in [0.25, 0.3) is 0 Å². The first kappa shape index (κ1) is 23.6. The van der Waals surface area contributed by atoms with Crippen LogP contribution in [-0.2, 0) is 20.4 Å². The summed E-state index contributed by atoms with van der Waals surface area (Å²) in [6.45, 7) is 0. The molecule has 8 heteroatoms. The molecule has 0 fully saturated rings. The number of hydrogen-bond acceptors (Lipinski definition) is 4. The largest absolute Gasteiger partial charge is 0.416 e. The maximum absolute atomic E-state index is 11.8. The highest BCUT2D eigenvalue weighted by Gasteiger charge is 2.29. The zero-order valence-corrected chi connectivity index (χ0v) is 14.3. The van der Waals surface area contributed by atoms with Crippen LogP contribution < -0.4 is 0 Å². The van der Waals surface area contributed by atoms with Crippen molar-refractivity contribution in [1.82, 2.24) is 9.80 Å². The zero-order chi connectivity index (χ0) is 18.5. The number of ether oxygens (including phenoxy) is 2. The molecule has 0 N–H and O–H groups in total. The lowest BCUT2D eigenvalue weighted by molar-refractivity contribution is -0.179. The Kier molecular flexibility index (Phi) is 13.2. The van der Waals surface area contributed by atoms with E-state index in [9.17, 15) is 18.0 Å². The van der Waals surface area contributed by atoms with Gasteiger partial charge in [0.05, 0.1) is 5.56 Å². The third-order valence-corrected chi connectivity index (χ3v) is 2.14. The number of carbonyl (C=O) groups is 1. The molecule has 1 aromatic carbocycles. The minimum Gasteiger partial charge on any atom is -0.351 e. The van der Waals surface area contributed by atoms with Crippen LogP contribution in [0.15, 0.2) is 30.3 Å². The van der Waals surface area contributed by atoms with Gasteiger partial charge in [0, 0.05) is 28.3 Å². The molecule has 0 aromatic heterocycles. The van der Waals surface area contributed by atoms with E-state index in [1.807, 2.05) is 19.0 Å². The van der Waals surface area contributed by atoms with E-state index in [1.165, 1.54) is 17.0 Å². The average molecular weight is 338 g/mol. The summed E-state index contributed by atoms with van der Waals surface area (Å²) in [4.78, 5) is 12.7. The van der Waals surface area contributed by atoms with E-state index in [-0.39, 0.29) is 6.41 Å². The van der Waals surface area contributed by atoms with Crippen LogP contribution >= 0.6 is 0 Å². The van der Waals surface area contributed by atoms with Gasteiger partial charge in [-0.2, -0.15) is 13.2 Å². The fraction of sp³-hybridized carbons (Fsp3) is 0.533. The molecule has 0 radical (unpaired) electrons. The van der Waals surface area contributed by atoms with Gasteiger partial charge in [0.1, 0.15) is 0 Å². The van der Waals surface area contributed by atoms with E-state index in [1.54, 1.807) is 34.4 Å². The van der Waals surface area contributed by atoms with Crippen molar-refractivity contribution >= 4 is 6.41 Å². The summed E-state index contributed by atoms with van der Waals surface area (Å²) >= 11 is 0. The van der Waals surface area contributed by atoms with E-state index >= 15 is 0 Å². The lowest BCUT2D eigenvalue weighted by Crippen LogP contribution is -2.30. The van der Waals surface area contributed by atoms with Crippen molar-refractivity contribution in [3.63, 3.8) is 0 Å². The van der Waals surface area contributed by atoms with Gasteiger partial charge < -0.3 is 14.4 Å². The van der Waals surface area contributed by atoms with Crippen molar-refractivity contribution in [1.29, 1.82) is 0 Å². The second kappa shape index (κ2) is 12.9. The van der Waals surface area contributed by atoms with Crippen molar-refractivity contribution in [2.24, 2.45) is 0 Å². The van der Waals surface area contributed by atoms with Crippen molar-refractivity contribution < 1.29 is 27.4 Å². The van der Waals surface area contributed by atoms with Gasteiger partial charge >= 0.3 is 6.18 Å². The third kappa shape index (κ3) is 13.7. The summed E-state index contributed by atoms with van der Waals surface area (Å²) in [5, 5.41) is 0. The summed E-state index contributed by atoms with van der Waals surface area (Å²) in [7, 11) is 10.4. The maximum atomic E-state index is 11.8. The normalized spacial score (nSPS) is 10.4. The van der Waals surface area contributed by atoms with Crippen LogP contribution in [0.5, 0.6) is 0 Å². The first-order valence-electron chi connectivity index (χ1n) is 6.56. The monoisotopic (exact) mass is 338 g/mol. The molecule has 1 aromatic rings. The smallest absolute Gasteiger partial charge is 0.351 e. The predicted octanol–water partition coefficient (Wildman–Crippen LogP) is 2.53. The molecule has 0 spiro atoms. The van der Waals surface area contributed by atoms with Gasteiger partial charge in [-0.1, -0.05) is 30.3 Å². The number of nitrogens with zero attached hydrogens (tertiary/aromatic N) is 2. The van der Waals surface area contributed by atoms with E-state index in [4.69, 9.17) is 9.47 Å². The molecule has 0 aliphatic carbocycles. The van der Waals surface area contributed by atoms with E-state index in [2.05, 4.69) is 0 Å². The molecule has 0 unspecified atom stereocenters. The highest BCUT2D eigenvalue weighted by Crippen LogP contribution is 2.28. The number of methoxy groups -OCH3 is 2. The molecule has 0 heterocycles. The Morgan fingerprint density at radius 3 is 1.52 bits per heavy atom. The molecule has 0 saturated carbocycles. The molecule has 23 heavy (non-hydrogen) atoms. The molecule has 1 amide bonds. The second-order valence-electron chi connectivity index (χ2n) is 4.67. The van der Waals surface area contributed by atoms with Gasteiger partial charge in [-0.15, -0.1) is 0 Å². The summed E-state index contributed by atoms with van der Waals surface area (Å²) in [5.74, 6) is 0. The summed E-state index contributed by atoms with van der Waals surface area (Å²) in [6.07, 6.45) is -3.67. The van der Waals surface area contributed by atoms with Gasteiger partial charge in [-0.3, -0.25) is 9.69 Å². The lowest BCUT2D eigenvalue weighted by atomic mass is 10.2. The van der Waals surface area contributed by atoms with E-state index < -0.39 is 11.7 Å². The second-order valence-corrected chi connectivity index (χ2v) is 4.67. The Morgan fingerprint density at radius 2 is 1.39 bits per heavy atom. The van der Waals surface area contributed by atoms with E-state index in [0.29, 0.717) is 0 Å². The summed E-state index contributed by atoms with van der Waals surface area (Å²) in [5.41, 5.74) is -0.602. The molecule has 5 nitrogen and oxygen atoms in total. The van der Waals surface area contributed by atoms with Crippen LogP contribution in [0.4, 0.5) is 13.2 Å². The Morgan fingerprint density at radius 1 is 1.00 bits per heavy atom. The van der Waals surface area contributed by atoms with Crippen molar-refractivity contribution in [3.05, 3.63) is 35.9 Å². The molecule has 0 aliphatic rings. The summed E-state index contributed by atoms with van der Waals surface area (Å²) < 4.78 is 45.1. The average Bonchev–Trinajstić information content (AvgIpc) is 2.49. The van der Waals surface area contributed by atoms with Crippen LogP contribution in [-0.4, -0.2) is 65.0 Å². The van der Waals surface area contributed by atoms with Gasteiger partial charge in [0.25, 0.3) is 0 Å². The fourth-order valence-electron chi connectivity index (χ4n) is 1.14. The topological polar surface area (TPSA) is 42.0 Å². The van der Waals surface area contributed by atoms with Gasteiger partial charge in [-0.05, 0) is 14.1 Å². The quantitative estimate of drug-likeness (QED) is 0.625. The number of halogens is 3. The minimum absolute atomic E-state index is 0.213. The predicted molar refractivity (Wildman–Crippen MR) is 82.7 cm³/mol. The molecular weight excluding hydrogens is 313 g/mol. The number of hydrogen-bond donors (Lipinski definition) is 0. The van der Waals surface area contributed by atoms with Crippen molar-refractivity contribution in [3.8, 4) is 0 Å². The fourth-order valence-corrected chi connectivity index (χ4v) is 1.14. The number of rotatable bonds is 4. The minimum atomic E-state index is -4.21. The molecule has 1 rings (SSSR count). The first-order chi connectivity index (χ1) is 10.6. The Bertz CT molecular complexity index is 395. The molecule has 0 saturated heterocycles. The van der Waals surface area contributed by atoms with E-state index in [0.717, 1.165) is 18.5 Å². The molecule has 134 valence electrons. The zero-order valence-electron chi connectivity index (χ0n) is 14.3. The first-order valence-corrected chi connectivity index (χ1v) is 6.56. The molecule has 0 atom stereocenters. The maximum Gasteiger partial charge on any atom is 0.416 e. The van der Waals surface area contributed by atoms with Crippen LogP contribution in [0.1, 0.15) is 5.56 Å². The third-order valence-electron chi connectivity index (χ3n) is 2.14. The Labute approximate surface area is 135 Å². The summed E-state index contributed by atoms with van der Waals surface area (Å²) in [6, 6.07) is 6.36. The van der Waals surface area contributed by atoms with Gasteiger partial charge in [0.2, 0.25) is 12.8 Å². The number of alkyl halides is 3.